The number of thiophene rings is 1. The van der Waals surface area contributed by atoms with Crippen LogP contribution in [-0.2, 0) is 9.53 Å². The maximum absolute atomic E-state index is 12.0. The minimum atomic E-state index is -0.455. The van der Waals surface area contributed by atoms with Crippen LogP contribution >= 0.6 is 11.3 Å². The van der Waals surface area contributed by atoms with Crippen molar-refractivity contribution in [3.05, 3.63) is 51.8 Å². The number of methoxy groups -OCH3 is 1. The monoisotopic (exact) mass is 343 g/mol. The van der Waals surface area contributed by atoms with Crippen LogP contribution in [0.4, 0.5) is 0 Å². The van der Waals surface area contributed by atoms with Gasteiger partial charge in [-0.1, -0.05) is 19.1 Å². The molecule has 0 saturated carbocycles. The van der Waals surface area contributed by atoms with E-state index < -0.39 is 5.97 Å². The van der Waals surface area contributed by atoms with Gasteiger partial charge in [0.25, 0.3) is 0 Å². The van der Waals surface area contributed by atoms with Crippen LogP contribution in [0.15, 0.2) is 46.4 Å². The molecule has 2 aromatic rings. The lowest BCUT2D eigenvalue weighted by Gasteiger charge is -2.10. The smallest absolute Gasteiger partial charge is 0.363 e. The van der Waals surface area contributed by atoms with Crippen molar-refractivity contribution in [3.8, 4) is 11.5 Å². The third kappa shape index (κ3) is 3.49. The second kappa shape index (κ2) is 7.31. The molecule has 124 valence electrons. The second-order valence-corrected chi connectivity index (χ2v) is 6.02. The second-order valence-electron chi connectivity index (χ2n) is 5.07. The lowest BCUT2D eigenvalue weighted by Crippen LogP contribution is -2.03. The number of hydrogen-bond acceptors (Lipinski definition) is 6. The first kappa shape index (κ1) is 16.3. The molecular formula is C18H17NO4S. The Kier molecular flexibility index (Phi) is 4.96. The summed E-state index contributed by atoms with van der Waals surface area (Å²) in [6.45, 7) is 2.66. The Morgan fingerprint density at radius 2 is 2.17 bits per heavy atom. The van der Waals surface area contributed by atoms with E-state index in [0.717, 1.165) is 16.9 Å². The fraction of sp³-hybridized carbons (Fsp3) is 0.222. The van der Waals surface area contributed by atoms with Crippen molar-refractivity contribution in [2.45, 2.75) is 13.3 Å². The van der Waals surface area contributed by atoms with Gasteiger partial charge in [-0.2, -0.15) is 0 Å². The van der Waals surface area contributed by atoms with E-state index in [1.165, 1.54) is 11.3 Å². The van der Waals surface area contributed by atoms with E-state index in [-0.39, 0.29) is 5.70 Å². The molecule has 1 aliphatic heterocycles. The molecule has 0 N–H and O–H groups in total. The molecule has 5 nitrogen and oxygen atoms in total. The summed E-state index contributed by atoms with van der Waals surface area (Å²) in [5.41, 5.74) is 1.06. The van der Waals surface area contributed by atoms with Crippen LogP contribution in [0.1, 0.15) is 23.8 Å². The molecule has 1 aliphatic rings. The zero-order valence-electron chi connectivity index (χ0n) is 13.4. The van der Waals surface area contributed by atoms with E-state index in [4.69, 9.17) is 14.2 Å². The molecule has 0 aliphatic carbocycles. The predicted molar refractivity (Wildman–Crippen MR) is 93.7 cm³/mol. The number of carbonyl (C=O) groups is 1. The average Bonchev–Trinajstić information content (AvgIpc) is 3.24. The molecule has 0 saturated heterocycles. The molecule has 0 unspecified atom stereocenters. The molecule has 0 fully saturated rings. The zero-order valence-corrected chi connectivity index (χ0v) is 14.3. The van der Waals surface area contributed by atoms with Crippen LogP contribution in [0.25, 0.3) is 6.08 Å². The van der Waals surface area contributed by atoms with Crippen LogP contribution in [-0.4, -0.2) is 25.6 Å². The summed E-state index contributed by atoms with van der Waals surface area (Å²) in [6.07, 6.45) is 2.59. The summed E-state index contributed by atoms with van der Waals surface area (Å²) in [5, 5.41) is 1.91. The fourth-order valence-corrected chi connectivity index (χ4v) is 2.83. The van der Waals surface area contributed by atoms with Crippen molar-refractivity contribution >= 4 is 29.3 Å². The lowest BCUT2D eigenvalue weighted by atomic mass is 10.1. The molecule has 6 heteroatoms. The molecule has 0 atom stereocenters. The van der Waals surface area contributed by atoms with Gasteiger partial charge in [0.05, 0.1) is 18.6 Å². The number of rotatable bonds is 6. The van der Waals surface area contributed by atoms with Crippen molar-refractivity contribution in [2.24, 2.45) is 4.99 Å². The molecule has 0 radical (unpaired) electrons. The first-order chi connectivity index (χ1) is 11.7. The summed E-state index contributed by atoms with van der Waals surface area (Å²) in [4.78, 5) is 17.1. The van der Waals surface area contributed by atoms with Crippen LogP contribution in [0.3, 0.4) is 0 Å². The first-order valence-electron chi connectivity index (χ1n) is 7.58. The summed E-state index contributed by atoms with van der Waals surface area (Å²) < 4.78 is 16.2. The van der Waals surface area contributed by atoms with Gasteiger partial charge in [-0.25, -0.2) is 9.79 Å². The topological polar surface area (TPSA) is 57.1 Å². The minimum Gasteiger partial charge on any atom is -0.493 e. The molecule has 1 aromatic carbocycles. The highest BCUT2D eigenvalue weighted by Crippen LogP contribution is 2.30. The Morgan fingerprint density at radius 1 is 1.29 bits per heavy atom. The third-order valence-corrected chi connectivity index (χ3v) is 4.16. The number of cyclic esters (lactones) is 1. The van der Waals surface area contributed by atoms with Crippen molar-refractivity contribution in [3.63, 3.8) is 0 Å². The van der Waals surface area contributed by atoms with Gasteiger partial charge in [0.2, 0.25) is 5.90 Å². The van der Waals surface area contributed by atoms with Gasteiger partial charge in [-0.15, -0.1) is 11.3 Å². The third-order valence-electron chi connectivity index (χ3n) is 3.31. The normalized spacial score (nSPS) is 15.3. The maximum atomic E-state index is 12.0. The highest BCUT2D eigenvalue weighted by atomic mass is 32.1. The van der Waals surface area contributed by atoms with E-state index in [2.05, 4.69) is 4.99 Å². The van der Waals surface area contributed by atoms with Crippen molar-refractivity contribution in [2.75, 3.05) is 13.7 Å². The Bertz CT molecular complexity index is 793. The van der Waals surface area contributed by atoms with Crippen LogP contribution in [0.2, 0.25) is 0 Å². The van der Waals surface area contributed by atoms with Crippen molar-refractivity contribution in [1.29, 1.82) is 0 Å². The average molecular weight is 343 g/mol. The molecule has 1 aromatic heterocycles. The van der Waals surface area contributed by atoms with Gasteiger partial charge in [-0.3, -0.25) is 0 Å². The molecule has 2 heterocycles. The molecular weight excluding hydrogens is 326 g/mol. The summed E-state index contributed by atoms with van der Waals surface area (Å²) in [7, 11) is 1.59. The lowest BCUT2D eigenvalue weighted by molar-refractivity contribution is -0.129. The standard InChI is InChI=1S/C18H17NO4S/c1-3-8-22-14-7-6-12(11-15(14)21-2)10-13-18(20)23-17(19-13)16-5-4-9-24-16/h4-7,9-11H,3,8H2,1-2H3/b13-10-. The molecule has 3 rings (SSSR count). The Balaban J connectivity index is 1.86. The number of nitrogens with zero attached hydrogens (tertiary/aromatic N) is 1. The van der Waals surface area contributed by atoms with Crippen LogP contribution < -0.4 is 9.47 Å². The van der Waals surface area contributed by atoms with Gasteiger partial charge >= 0.3 is 5.97 Å². The van der Waals surface area contributed by atoms with Gasteiger partial charge < -0.3 is 14.2 Å². The van der Waals surface area contributed by atoms with E-state index in [1.807, 2.05) is 42.6 Å². The molecule has 0 spiro atoms. The SMILES string of the molecule is CCCOc1ccc(/C=C2\N=C(c3cccs3)OC2=O)cc1OC. The van der Waals surface area contributed by atoms with E-state index in [1.54, 1.807) is 13.2 Å². The quantitative estimate of drug-likeness (QED) is 0.590. The summed E-state index contributed by atoms with van der Waals surface area (Å²) in [5.74, 6) is 1.18. The van der Waals surface area contributed by atoms with E-state index in [0.29, 0.717) is 24.0 Å². The van der Waals surface area contributed by atoms with Crippen LogP contribution in [0, 0.1) is 0 Å². The Labute approximate surface area is 144 Å². The molecule has 24 heavy (non-hydrogen) atoms. The maximum Gasteiger partial charge on any atom is 0.363 e. The van der Waals surface area contributed by atoms with Gasteiger partial charge in [0, 0.05) is 0 Å². The molecule has 0 amide bonds. The number of benzene rings is 1. The van der Waals surface area contributed by atoms with E-state index >= 15 is 0 Å². The predicted octanol–water partition coefficient (Wildman–Crippen LogP) is 3.89. The Hall–Kier alpha value is -2.60. The number of esters is 1. The summed E-state index contributed by atoms with van der Waals surface area (Å²) >= 11 is 1.47. The number of hydrogen-bond donors (Lipinski definition) is 0. The highest BCUT2D eigenvalue weighted by Gasteiger charge is 2.24. The minimum absolute atomic E-state index is 0.266. The largest absolute Gasteiger partial charge is 0.493 e. The van der Waals surface area contributed by atoms with Gasteiger partial charge in [0.15, 0.2) is 17.2 Å². The van der Waals surface area contributed by atoms with E-state index in [9.17, 15) is 4.79 Å². The molecule has 0 bridgehead atoms. The number of carbonyl (C=O) groups excluding carboxylic acids is 1. The van der Waals surface area contributed by atoms with Crippen LogP contribution in [0.5, 0.6) is 11.5 Å². The van der Waals surface area contributed by atoms with Crippen molar-refractivity contribution < 1.29 is 19.0 Å². The van der Waals surface area contributed by atoms with Gasteiger partial charge in [0.1, 0.15) is 0 Å². The Morgan fingerprint density at radius 3 is 2.88 bits per heavy atom. The highest BCUT2D eigenvalue weighted by molar-refractivity contribution is 7.12. The zero-order chi connectivity index (χ0) is 16.9. The summed E-state index contributed by atoms with van der Waals surface area (Å²) in [6, 6.07) is 9.24. The van der Waals surface area contributed by atoms with Gasteiger partial charge in [-0.05, 0) is 41.6 Å². The fourth-order valence-electron chi connectivity index (χ4n) is 2.18. The number of ether oxygens (including phenoxy) is 3. The number of aliphatic imine (C=N–C) groups is 1. The van der Waals surface area contributed by atoms with Crippen molar-refractivity contribution in [1.82, 2.24) is 0 Å². The first-order valence-corrected chi connectivity index (χ1v) is 8.46.